The summed E-state index contributed by atoms with van der Waals surface area (Å²) in [6.45, 7) is 0.306. The van der Waals surface area contributed by atoms with E-state index < -0.39 is 6.61 Å². The molecule has 0 spiro atoms. The number of carbonyl (C=O) groups excluding carboxylic acids is 1. The topological polar surface area (TPSA) is 41.6 Å². The van der Waals surface area contributed by atoms with Gasteiger partial charge in [0, 0.05) is 18.3 Å². The van der Waals surface area contributed by atoms with Gasteiger partial charge < -0.3 is 10.1 Å². The number of nitrogens with zero attached hydrogens (tertiary/aromatic N) is 1. The standard InChI is InChI=1S/C21H24F2N2O2/c1-15(17-7-8-17)25(13-16-5-3-2-4-6-16)14-20(26)24-18-9-11-19(12-10-18)27-21(22)23/h2-6,9-12,15,17,21H,7-8,13-14H2,1H3,(H,24,26). The quantitative estimate of drug-likeness (QED) is 0.701. The van der Waals surface area contributed by atoms with Crippen LogP contribution in [-0.2, 0) is 11.3 Å². The molecule has 0 saturated heterocycles. The highest BCUT2D eigenvalue weighted by molar-refractivity contribution is 5.92. The van der Waals surface area contributed by atoms with E-state index in [2.05, 4.69) is 34.0 Å². The summed E-state index contributed by atoms with van der Waals surface area (Å²) in [5.41, 5.74) is 1.73. The summed E-state index contributed by atoms with van der Waals surface area (Å²) in [5, 5.41) is 2.83. The van der Waals surface area contributed by atoms with Crippen molar-refractivity contribution in [3.8, 4) is 5.75 Å². The second kappa shape index (κ2) is 8.95. The normalized spacial score (nSPS) is 15.0. The third-order valence-corrected chi connectivity index (χ3v) is 4.82. The highest BCUT2D eigenvalue weighted by Gasteiger charge is 2.32. The summed E-state index contributed by atoms with van der Waals surface area (Å²) in [6, 6.07) is 16.4. The Morgan fingerprint density at radius 2 is 1.81 bits per heavy atom. The van der Waals surface area contributed by atoms with Gasteiger partial charge >= 0.3 is 6.61 Å². The summed E-state index contributed by atoms with van der Waals surface area (Å²) in [5.74, 6) is 0.587. The van der Waals surface area contributed by atoms with Gasteiger partial charge in [-0.1, -0.05) is 30.3 Å². The van der Waals surface area contributed by atoms with E-state index in [1.807, 2.05) is 18.2 Å². The lowest BCUT2D eigenvalue weighted by Gasteiger charge is -2.28. The van der Waals surface area contributed by atoms with Crippen LogP contribution in [0.1, 0.15) is 25.3 Å². The number of halogens is 2. The Bertz CT molecular complexity index is 734. The molecule has 0 aromatic heterocycles. The number of benzene rings is 2. The fourth-order valence-electron chi connectivity index (χ4n) is 3.14. The summed E-state index contributed by atoms with van der Waals surface area (Å²) in [7, 11) is 0. The fourth-order valence-corrected chi connectivity index (χ4v) is 3.14. The minimum atomic E-state index is -2.86. The Labute approximate surface area is 158 Å². The Kier molecular flexibility index (Phi) is 6.40. The van der Waals surface area contributed by atoms with Crippen LogP contribution < -0.4 is 10.1 Å². The van der Waals surface area contributed by atoms with Crippen molar-refractivity contribution in [1.82, 2.24) is 4.90 Å². The van der Waals surface area contributed by atoms with Crippen molar-refractivity contribution >= 4 is 11.6 Å². The molecule has 6 heteroatoms. The lowest BCUT2D eigenvalue weighted by Crippen LogP contribution is -2.40. The average Bonchev–Trinajstić information content (AvgIpc) is 3.48. The molecule has 1 aliphatic rings. The monoisotopic (exact) mass is 374 g/mol. The molecule has 144 valence electrons. The molecule has 0 heterocycles. The van der Waals surface area contributed by atoms with Gasteiger partial charge in [-0.25, -0.2) is 0 Å². The molecule has 1 amide bonds. The molecule has 2 aromatic carbocycles. The number of carbonyl (C=O) groups is 1. The van der Waals surface area contributed by atoms with Crippen molar-refractivity contribution in [2.75, 3.05) is 11.9 Å². The van der Waals surface area contributed by atoms with Gasteiger partial charge in [0.15, 0.2) is 0 Å². The van der Waals surface area contributed by atoms with Crippen LogP contribution in [0.2, 0.25) is 0 Å². The van der Waals surface area contributed by atoms with E-state index in [0.717, 1.165) is 0 Å². The maximum atomic E-state index is 12.5. The van der Waals surface area contributed by atoms with Gasteiger partial charge in [0.2, 0.25) is 5.91 Å². The third kappa shape index (κ3) is 6.03. The van der Waals surface area contributed by atoms with Crippen LogP contribution in [-0.4, -0.2) is 30.0 Å². The zero-order chi connectivity index (χ0) is 19.2. The lowest BCUT2D eigenvalue weighted by atomic mass is 10.1. The zero-order valence-corrected chi connectivity index (χ0v) is 15.3. The van der Waals surface area contributed by atoms with Crippen molar-refractivity contribution in [2.24, 2.45) is 5.92 Å². The van der Waals surface area contributed by atoms with Gasteiger partial charge in [-0.3, -0.25) is 9.69 Å². The Hall–Kier alpha value is -2.47. The molecule has 1 N–H and O–H groups in total. The Morgan fingerprint density at radius 3 is 2.41 bits per heavy atom. The molecule has 3 rings (SSSR count). The molecule has 1 aliphatic carbocycles. The first kappa shape index (κ1) is 19.3. The molecular formula is C21H24F2N2O2. The summed E-state index contributed by atoms with van der Waals surface area (Å²) < 4.78 is 28.7. The fraction of sp³-hybridized carbons (Fsp3) is 0.381. The Balaban J connectivity index is 1.60. The van der Waals surface area contributed by atoms with Crippen LogP contribution in [0.5, 0.6) is 5.75 Å². The number of hydrogen-bond acceptors (Lipinski definition) is 3. The zero-order valence-electron chi connectivity index (χ0n) is 15.3. The van der Waals surface area contributed by atoms with E-state index >= 15 is 0 Å². The second-order valence-corrected chi connectivity index (χ2v) is 6.92. The SMILES string of the molecule is CC(C1CC1)N(CC(=O)Nc1ccc(OC(F)F)cc1)Cc1ccccc1. The molecule has 1 atom stereocenters. The van der Waals surface area contributed by atoms with Gasteiger partial charge in [-0.05, 0) is 55.5 Å². The minimum Gasteiger partial charge on any atom is -0.435 e. The van der Waals surface area contributed by atoms with E-state index in [0.29, 0.717) is 24.2 Å². The summed E-state index contributed by atoms with van der Waals surface area (Å²) in [6.07, 6.45) is 2.42. The van der Waals surface area contributed by atoms with Crippen LogP contribution >= 0.6 is 0 Å². The number of alkyl halides is 2. The van der Waals surface area contributed by atoms with Gasteiger partial charge in [0.25, 0.3) is 0 Å². The van der Waals surface area contributed by atoms with Gasteiger partial charge in [0.1, 0.15) is 5.75 Å². The molecule has 1 fully saturated rings. The molecule has 2 aromatic rings. The molecular weight excluding hydrogens is 350 g/mol. The first-order valence-electron chi connectivity index (χ1n) is 9.14. The van der Waals surface area contributed by atoms with E-state index in [9.17, 15) is 13.6 Å². The van der Waals surface area contributed by atoms with Gasteiger partial charge in [-0.15, -0.1) is 0 Å². The predicted molar refractivity (Wildman–Crippen MR) is 101 cm³/mol. The highest BCUT2D eigenvalue weighted by atomic mass is 19.3. The lowest BCUT2D eigenvalue weighted by molar-refractivity contribution is -0.118. The maximum absolute atomic E-state index is 12.5. The predicted octanol–water partition coefficient (Wildman–Crippen LogP) is 4.53. The van der Waals surface area contributed by atoms with Gasteiger partial charge in [-0.2, -0.15) is 8.78 Å². The third-order valence-electron chi connectivity index (χ3n) is 4.82. The van der Waals surface area contributed by atoms with Crippen molar-refractivity contribution < 1.29 is 18.3 Å². The molecule has 1 saturated carbocycles. The van der Waals surface area contributed by atoms with Crippen molar-refractivity contribution in [1.29, 1.82) is 0 Å². The van der Waals surface area contributed by atoms with Crippen molar-refractivity contribution in [2.45, 2.75) is 39.0 Å². The smallest absolute Gasteiger partial charge is 0.387 e. The van der Waals surface area contributed by atoms with Crippen molar-refractivity contribution in [3.05, 3.63) is 60.2 Å². The number of anilines is 1. The molecule has 1 unspecified atom stereocenters. The number of ether oxygens (including phenoxy) is 1. The number of rotatable bonds is 9. The van der Waals surface area contributed by atoms with E-state index in [1.54, 1.807) is 12.1 Å². The first-order chi connectivity index (χ1) is 13.0. The van der Waals surface area contributed by atoms with Gasteiger partial charge in [0.05, 0.1) is 6.54 Å². The van der Waals surface area contributed by atoms with Crippen LogP contribution in [0.25, 0.3) is 0 Å². The Morgan fingerprint density at radius 1 is 1.15 bits per heavy atom. The average molecular weight is 374 g/mol. The second-order valence-electron chi connectivity index (χ2n) is 6.92. The molecule has 0 bridgehead atoms. The maximum Gasteiger partial charge on any atom is 0.387 e. The molecule has 4 nitrogen and oxygen atoms in total. The van der Waals surface area contributed by atoms with Crippen LogP contribution in [0.15, 0.2) is 54.6 Å². The van der Waals surface area contributed by atoms with Crippen LogP contribution in [0, 0.1) is 5.92 Å². The largest absolute Gasteiger partial charge is 0.435 e. The van der Waals surface area contributed by atoms with Crippen molar-refractivity contribution in [3.63, 3.8) is 0 Å². The molecule has 0 radical (unpaired) electrons. The highest BCUT2D eigenvalue weighted by Crippen LogP contribution is 2.35. The summed E-state index contributed by atoms with van der Waals surface area (Å²) >= 11 is 0. The van der Waals surface area contributed by atoms with E-state index in [4.69, 9.17) is 0 Å². The molecule has 27 heavy (non-hydrogen) atoms. The first-order valence-corrected chi connectivity index (χ1v) is 9.14. The minimum absolute atomic E-state index is 0.0658. The number of nitrogens with one attached hydrogen (secondary N) is 1. The van der Waals surface area contributed by atoms with E-state index in [-0.39, 0.29) is 18.2 Å². The van der Waals surface area contributed by atoms with E-state index in [1.165, 1.54) is 30.5 Å². The number of hydrogen-bond donors (Lipinski definition) is 1. The van der Waals surface area contributed by atoms with Crippen LogP contribution in [0.3, 0.4) is 0 Å². The molecule has 0 aliphatic heterocycles. The summed E-state index contributed by atoms with van der Waals surface area (Å²) in [4.78, 5) is 14.7. The number of amides is 1. The van der Waals surface area contributed by atoms with Crippen LogP contribution in [0.4, 0.5) is 14.5 Å².